The lowest BCUT2D eigenvalue weighted by molar-refractivity contribution is -0.185. The zero-order valence-corrected chi connectivity index (χ0v) is 11.9. The highest BCUT2D eigenvalue weighted by molar-refractivity contribution is 9.10. The largest absolute Gasteiger partial charge is 0.496 e. The van der Waals surface area contributed by atoms with E-state index in [1.807, 2.05) is 0 Å². The van der Waals surface area contributed by atoms with Crippen molar-refractivity contribution in [2.24, 2.45) is 5.73 Å². The Kier molecular flexibility index (Phi) is 4.63. The summed E-state index contributed by atoms with van der Waals surface area (Å²) in [7, 11) is 1.46. The molecule has 0 saturated carbocycles. The summed E-state index contributed by atoms with van der Waals surface area (Å²) in [5.41, 5.74) is 2.65. The molecule has 1 rings (SSSR count). The molecule has 0 heterocycles. The van der Waals surface area contributed by atoms with Crippen LogP contribution in [0.1, 0.15) is 12.5 Å². The second-order valence-corrected chi connectivity index (χ2v) is 5.12. The lowest BCUT2D eigenvalue weighted by atomic mass is 9.92. The van der Waals surface area contributed by atoms with Crippen LogP contribution in [-0.4, -0.2) is 24.6 Å². The summed E-state index contributed by atoms with van der Waals surface area (Å²) < 4.78 is 43.4. The Morgan fingerprint density at radius 2 is 2.00 bits per heavy atom. The Morgan fingerprint density at radius 1 is 1.42 bits per heavy atom. The molecule has 0 aliphatic rings. The smallest absolute Gasteiger partial charge is 0.413 e. The summed E-state index contributed by atoms with van der Waals surface area (Å²) >= 11 is 3.20. The number of methoxy groups -OCH3 is 1. The SMILES string of the molecule is COc1ccc(CC(=O)C(C)(N)C(F)(F)F)cc1Br. The molecule has 0 amide bonds. The topological polar surface area (TPSA) is 52.3 Å². The number of ketones is 1. The summed E-state index contributed by atoms with van der Waals surface area (Å²) in [4.78, 5) is 11.7. The molecule has 0 spiro atoms. The van der Waals surface area contributed by atoms with E-state index < -0.39 is 23.9 Å². The second-order valence-electron chi connectivity index (χ2n) is 4.27. The number of halogens is 4. The normalized spacial score (nSPS) is 14.9. The van der Waals surface area contributed by atoms with Gasteiger partial charge in [0.25, 0.3) is 0 Å². The molecule has 19 heavy (non-hydrogen) atoms. The number of ether oxygens (including phenoxy) is 1. The van der Waals surface area contributed by atoms with Crippen LogP contribution in [0.2, 0.25) is 0 Å². The number of carbonyl (C=O) groups excluding carboxylic acids is 1. The fourth-order valence-electron chi connectivity index (χ4n) is 1.35. The molecule has 1 atom stereocenters. The van der Waals surface area contributed by atoms with Crippen molar-refractivity contribution in [3.63, 3.8) is 0 Å². The molecule has 0 fully saturated rings. The first kappa shape index (κ1) is 16.0. The van der Waals surface area contributed by atoms with Crippen molar-refractivity contribution in [1.29, 1.82) is 0 Å². The van der Waals surface area contributed by atoms with E-state index >= 15 is 0 Å². The van der Waals surface area contributed by atoms with Gasteiger partial charge in [-0.15, -0.1) is 0 Å². The number of nitrogens with two attached hydrogens (primary N) is 1. The van der Waals surface area contributed by atoms with Crippen LogP contribution in [0.25, 0.3) is 0 Å². The molecule has 1 aromatic carbocycles. The number of carbonyl (C=O) groups is 1. The van der Waals surface area contributed by atoms with Gasteiger partial charge in [-0.05, 0) is 40.5 Å². The van der Waals surface area contributed by atoms with Crippen LogP contribution in [0.4, 0.5) is 13.2 Å². The van der Waals surface area contributed by atoms with Crippen molar-refractivity contribution in [3.05, 3.63) is 28.2 Å². The minimum absolute atomic E-state index is 0.394. The molecule has 1 aromatic rings. The first-order valence-electron chi connectivity index (χ1n) is 5.31. The minimum atomic E-state index is -4.77. The summed E-state index contributed by atoms with van der Waals surface area (Å²) in [5.74, 6) is -0.556. The van der Waals surface area contributed by atoms with E-state index in [0.29, 0.717) is 22.7 Å². The van der Waals surface area contributed by atoms with Gasteiger partial charge in [-0.25, -0.2) is 0 Å². The Labute approximate surface area is 117 Å². The Morgan fingerprint density at radius 3 is 2.42 bits per heavy atom. The van der Waals surface area contributed by atoms with Gasteiger partial charge in [-0.3, -0.25) is 4.79 Å². The van der Waals surface area contributed by atoms with Gasteiger partial charge in [0, 0.05) is 6.42 Å². The zero-order chi connectivity index (χ0) is 14.8. The van der Waals surface area contributed by atoms with Crippen LogP contribution in [0.5, 0.6) is 5.75 Å². The van der Waals surface area contributed by atoms with Crippen molar-refractivity contribution in [2.45, 2.75) is 25.1 Å². The number of rotatable bonds is 4. The third-order valence-corrected chi connectivity index (χ3v) is 3.37. The average Bonchev–Trinajstić information content (AvgIpc) is 2.27. The number of hydrogen-bond acceptors (Lipinski definition) is 3. The van der Waals surface area contributed by atoms with Crippen LogP contribution in [0.15, 0.2) is 22.7 Å². The van der Waals surface area contributed by atoms with Gasteiger partial charge in [-0.2, -0.15) is 13.2 Å². The van der Waals surface area contributed by atoms with Crippen molar-refractivity contribution >= 4 is 21.7 Å². The third kappa shape index (κ3) is 3.48. The summed E-state index contributed by atoms with van der Waals surface area (Å²) in [6, 6.07) is 4.62. The highest BCUT2D eigenvalue weighted by atomic mass is 79.9. The van der Waals surface area contributed by atoms with Crippen molar-refractivity contribution in [2.75, 3.05) is 7.11 Å². The van der Waals surface area contributed by atoms with Crippen molar-refractivity contribution in [1.82, 2.24) is 0 Å². The second kappa shape index (κ2) is 5.50. The summed E-state index contributed by atoms with van der Waals surface area (Å²) in [6.07, 6.45) is -5.16. The van der Waals surface area contributed by atoms with Gasteiger partial charge in [0.2, 0.25) is 0 Å². The maximum absolute atomic E-state index is 12.6. The van der Waals surface area contributed by atoms with E-state index in [2.05, 4.69) is 15.9 Å². The van der Waals surface area contributed by atoms with Gasteiger partial charge in [0.05, 0.1) is 11.6 Å². The molecule has 0 aliphatic carbocycles. The molecule has 2 N–H and O–H groups in total. The van der Waals surface area contributed by atoms with E-state index in [4.69, 9.17) is 10.5 Å². The third-order valence-electron chi connectivity index (χ3n) is 2.75. The molecule has 0 radical (unpaired) electrons. The molecule has 0 aliphatic heterocycles. The number of Topliss-reactive ketones (excluding diaryl/α,β-unsaturated/α-hetero) is 1. The fraction of sp³-hybridized carbons (Fsp3) is 0.417. The Balaban J connectivity index is 2.92. The minimum Gasteiger partial charge on any atom is -0.496 e. The van der Waals surface area contributed by atoms with Gasteiger partial charge >= 0.3 is 6.18 Å². The van der Waals surface area contributed by atoms with Gasteiger partial charge < -0.3 is 10.5 Å². The molecule has 3 nitrogen and oxygen atoms in total. The Bertz CT molecular complexity index is 486. The molecule has 106 valence electrons. The monoisotopic (exact) mass is 339 g/mol. The van der Waals surface area contributed by atoms with Crippen molar-refractivity contribution < 1.29 is 22.7 Å². The van der Waals surface area contributed by atoms with Crippen molar-refractivity contribution in [3.8, 4) is 5.75 Å². The highest BCUT2D eigenvalue weighted by Crippen LogP contribution is 2.31. The van der Waals surface area contributed by atoms with Gasteiger partial charge in [0.1, 0.15) is 5.75 Å². The molecule has 0 saturated heterocycles. The molecule has 0 aromatic heterocycles. The van der Waals surface area contributed by atoms with E-state index in [9.17, 15) is 18.0 Å². The van der Waals surface area contributed by atoms with Crippen LogP contribution < -0.4 is 10.5 Å². The molecule has 1 unspecified atom stereocenters. The molecule has 7 heteroatoms. The van der Waals surface area contributed by atoms with Gasteiger partial charge in [-0.1, -0.05) is 6.07 Å². The molecular weight excluding hydrogens is 327 g/mol. The van der Waals surface area contributed by atoms with E-state index in [-0.39, 0.29) is 0 Å². The summed E-state index contributed by atoms with van der Waals surface area (Å²) in [6.45, 7) is 0.675. The quantitative estimate of drug-likeness (QED) is 0.917. The zero-order valence-electron chi connectivity index (χ0n) is 10.3. The predicted octanol–water partition coefficient (Wildman–Crippen LogP) is 2.85. The number of benzene rings is 1. The maximum Gasteiger partial charge on any atom is 0.413 e. The highest BCUT2D eigenvalue weighted by Gasteiger charge is 2.53. The first-order chi connectivity index (χ1) is 8.59. The molecular formula is C12H13BrF3NO2. The van der Waals surface area contributed by atoms with Crippen LogP contribution >= 0.6 is 15.9 Å². The van der Waals surface area contributed by atoms with Crippen LogP contribution in [0.3, 0.4) is 0 Å². The number of alkyl halides is 3. The van der Waals surface area contributed by atoms with E-state index in [0.717, 1.165) is 0 Å². The fourth-order valence-corrected chi connectivity index (χ4v) is 1.94. The lowest BCUT2D eigenvalue weighted by Gasteiger charge is -2.26. The summed E-state index contributed by atoms with van der Waals surface area (Å²) in [5, 5.41) is 0. The van der Waals surface area contributed by atoms with Crippen LogP contribution in [0, 0.1) is 0 Å². The van der Waals surface area contributed by atoms with Gasteiger partial charge in [0.15, 0.2) is 11.3 Å². The van der Waals surface area contributed by atoms with E-state index in [1.165, 1.54) is 19.2 Å². The average molecular weight is 340 g/mol. The van der Waals surface area contributed by atoms with E-state index in [1.54, 1.807) is 6.07 Å². The Hall–Kier alpha value is -1.08. The van der Waals surface area contributed by atoms with Crippen LogP contribution in [-0.2, 0) is 11.2 Å². The molecule has 0 bridgehead atoms. The maximum atomic E-state index is 12.6. The lowest BCUT2D eigenvalue weighted by Crippen LogP contribution is -2.57. The predicted molar refractivity (Wildman–Crippen MR) is 68.1 cm³/mol. The first-order valence-corrected chi connectivity index (χ1v) is 6.10. The number of hydrogen-bond donors (Lipinski definition) is 1. The standard InChI is InChI=1S/C12H13BrF3NO2/c1-11(17,12(14,15)16)10(18)6-7-3-4-9(19-2)8(13)5-7/h3-5H,6,17H2,1-2H3.